The smallest absolute Gasteiger partial charge is 0.0502 e. The molecular formula is C18H36N2O. The lowest BCUT2D eigenvalue weighted by molar-refractivity contribution is 0.0564. The second-order valence-electron chi connectivity index (χ2n) is 7.39. The maximum Gasteiger partial charge on any atom is 0.0502 e. The summed E-state index contributed by atoms with van der Waals surface area (Å²) < 4.78 is 5.39. The Morgan fingerprint density at radius 2 is 1.90 bits per heavy atom. The minimum absolute atomic E-state index is 0.529. The first-order valence-electron chi connectivity index (χ1n) is 9.20. The van der Waals surface area contributed by atoms with Crippen LogP contribution in [-0.2, 0) is 4.74 Å². The summed E-state index contributed by atoms with van der Waals surface area (Å²) in [6, 6.07) is 0. The molecule has 0 aromatic heterocycles. The van der Waals surface area contributed by atoms with Crippen molar-refractivity contribution in [2.24, 2.45) is 11.3 Å². The molecule has 2 rings (SSSR count). The SMILES string of the molecule is CCNCC1(CN2CCCC(COC)C2)CCCCCC1. The van der Waals surface area contributed by atoms with E-state index in [4.69, 9.17) is 4.74 Å². The van der Waals surface area contributed by atoms with E-state index in [-0.39, 0.29) is 0 Å². The number of rotatable bonds is 7. The van der Waals surface area contributed by atoms with Gasteiger partial charge in [0, 0.05) is 26.7 Å². The Morgan fingerprint density at radius 1 is 1.14 bits per heavy atom. The number of nitrogens with one attached hydrogen (secondary N) is 1. The summed E-state index contributed by atoms with van der Waals surface area (Å²) in [7, 11) is 1.84. The predicted molar refractivity (Wildman–Crippen MR) is 89.7 cm³/mol. The van der Waals surface area contributed by atoms with Crippen molar-refractivity contribution < 1.29 is 4.74 Å². The molecule has 0 bridgehead atoms. The summed E-state index contributed by atoms with van der Waals surface area (Å²) in [5.74, 6) is 0.755. The third-order valence-electron chi connectivity index (χ3n) is 5.48. The van der Waals surface area contributed by atoms with Gasteiger partial charge in [-0.1, -0.05) is 32.6 Å². The molecule has 0 radical (unpaired) electrons. The first-order chi connectivity index (χ1) is 10.3. The number of piperidine rings is 1. The summed E-state index contributed by atoms with van der Waals surface area (Å²) in [6.45, 7) is 9.36. The van der Waals surface area contributed by atoms with Gasteiger partial charge >= 0.3 is 0 Å². The molecule has 1 aliphatic carbocycles. The zero-order valence-corrected chi connectivity index (χ0v) is 14.3. The minimum atomic E-state index is 0.529. The fourth-order valence-electron chi connectivity index (χ4n) is 4.40. The van der Waals surface area contributed by atoms with Gasteiger partial charge in [0.25, 0.3) is 0 Å². The summed E-state index contributed by atoms with van der Waals surface area (Å²) in [4.78, 5) is 2.75. The number of hydrogen-bond donors (Lipinski definition) is 1. The number of nitrogens with zero attached hydrogens (tertiary/aromatic N) is 1. The molecule has 3 heteroatoms. The highest BCUT2D eigenvalue weighted by Crippen LogP contribution is 2.36. The summed E-state index contributed by atoms with van der Waals surface area (Å²) in [5, 5.41) is 3.66. The first kappa shape index (κ1) is 17.2. The lowest BCUT2D eigenvalue weighted by Crippen LogP contribution is -2.47. The molecule has 1 saturated carbocycles. The summed E-state index contributed by atoms with van der Waals surface area (Å²) >= 11 is 0. The molecule has 1 aliphatic heterocycles. The van der Waals surface area contributed by atoms with Crippen LogP contribution in [-0.4, -0.2) is 51.3 Å². The lowest BCUT2D eigenvalue weighted by Gasteiger charge is -2.41. The average molecular weight is 296 g/mol. The number of methoxy groups -OCH3 is 1. The average Bonchev–Trinajstić information content (AvgIpc) is 2.72. The number of ether oxygens (including phenoxy) is 1. The van der Waals surface area contributed by atoms with Gasteiger partial charge in [-0.2, -0.15) is 0 Å². The molecule has 21 heavy (non-hydrogen) atoms. The van der Waals surface area contributed by atoms with Crippen LogP contribution in [0.15, 0.2) is 0 Å². The normalized spacial score (nSPS) is 27.4. The quantitative estimate of drug-likeness (QED) is 0.730. The van der Waals surface area contributed by atoms with E-state index < -0.39 is 0 Å². The molecule has 1 saturated heterocycles. The van der Waals surface area contributed by atoms with Crippen LogP contribution >= 0.6 is 0 Å². The molecule has 1 atom stereocenters. The summed E-state index contributed by atoms with van der Waals surface area (Å²) in [6.07, 6.45) is 11.3. The topological polar surface area (TPSA) is 24.5 Å². The van der Waals surface area contributed by atoms with Gasteiger partial charge in [-0.25, -0.2) is 0 Å². The van der Waals surface area contributed by atoms with Crippen molar-refractivity contribution in [1.82, 2.24) is 10.2 Å². The van der Waals surface area contributed by atoms with E-state index in [0.29, 0.717) is 5.41 Å². The van der Waals surface area contributed by atoms with E-state index in [1.54, 1.807) is 0 Å². The van der Waals surface area contributed by atoms with Crippen LogP contribution in [0.3, 0.4) is 0 Å². The fourth-order valence-corrected chi connectivity index (χ4v) is 4.40. The Bertz CT molecular complexity index is 272. The molecule has 0 aromatic carbocycles. The molecule has 2 aliphatic rings. The fraction of sp³-hybridized carbons (Fsp3) is 1.00. The van der Waals surface area contributed by atoms with Gasteiger partial charge < -0.3 is 15.0 Å². The standard InChI is InChI=1S/C18H36N2O/c1-3-19-15-18(10-6-4-5-7-11-18)16-20-12-8-9-17(13-20)14-21-2/h17,19H,3-16H2,1-2H3. The zero-order chi connectivity index (χ0) is 15.0. The maximum atomic E-state index is 5.39. The summed E-state index contributed by atoms with van der Waals surface area (Å²) in [5.41, 5.74) is 0.529. The third-order valence-corrected chi connectivity index (χ3v) is 5.48. The Kier molecular flexibility index (Phi) is 7.48. The molecule has 2 fully saturated rings. The first-order valence-corrected chi connectivity index (χ1v) is 9.20. The molecule has 1 N–H and O–H groups in total. The molecule has 3 nitrogen and oxygen atoms in total. The van der Waals surface area contributed by atoms with Crippen LogP contribution in [0.5, 0.6) is 0 Å². The minimum Gasteiger partial charge on any atom is -0.384 e. The number of likely N-dealkylation sites (tertiary alicyclic amines) is 1. The van der Waals surface area contributed by atoms with Crippen LogP contribution in [0.25, 0.3) is 0 Å². The van der Waals surface area contributed by atoms with Crippen LogP contribution < -0.4 is 5.32 Å². The van der Waals surface area contributed by atoms with E-state index >= 15 is 0 Å². The van der Waals surface area contributed by atoms with Crippen molar-refractivity contribution >= 4 is 0 Å². The van der Waals surface area contributed by atoms with Gasteiger partial charge in [-0.15, -0.1) is 0 Å². The van der Waals surface area contributed by atoms with Gasteiger partial charge in [-0.3, -0.25) is 0 Å². The van der Waals surface area contributed by atoms with Crippen LogP contribution in [0.2, 0.25) is 0 Å². The third kappa shape index (κ3) is 5.54. The Labute approximate surface area is 131 Å². The van der Waals surface area contributed by atoms with Crippen LogP contribution in [0.1, 0.15) is 58.3 Å². The van der Waals surface area contributed by atoms with E-state index in [1.807, 2.05) is 7.11 Å². The van der Waals surface area contributed by atoms with Gasteiger partial charge in [0.05, 0.1) is 6.61 Å². The van der Waals surface area contributed by atoms with Crippen molar-refractivity contribution in [2.75, 3.05) is 46.4 Å². The molecule has 124 valence electrons. The van der Waals surface area contributed by atoms with Crippen molar-refractivity contribution in [2.45, 2.75) is 58.3 Å². The lowest BCUT2D eigenvalue weighted by atomic mass is 9.79. The zero-order valence-electron chi connectivity index (χ0n) is 14.3. The second-order valence-corrected chi connectivity index (χ2v) is 7.39. The van der Waals surface area contributed by atoms with Crippen molar-refractivity contribution in [3.63, 3.8) is 0 Å². The van der Waals surface area contributed by atoms with E-state index in [1.165, 1.54) is 77.5 Å². The van der Waals surface area contributed by atoms with Gasteiger partial charge in [0.1, 0.15) is 0 Å². The van der Waals surface area contributed by atoms with E-state index in [0.717, 1.165) is 19.1 Å². The number of hydrogen-bond acceptors (Lipinski definition) is 3. The van der Waals surface area contributed by atoms with Crippen molar-refractivity contribution in [1.29, 1.82) is 0 Å². The Balaban J connectivity index is 1.93. The molecule has 0 amide bonds. The Hall–Kier alpha value is -0.120. The monoisotopic (exact) mass is 296 g/mol. The highest BCUT2D eigenvalue weighted by Gasteiger charge is 2.34. The van der Waals surface area contributed by atoms with Crippen LogP contribution in [0, 0.1) is 11.3 Å². The van der Waals surface area contributed by atoms with Crippen molar-refractivity contribution in [3.8, 4) is 0 Å². The predicted octanol–water partition coefficient (Wildman–Crippen LogP) is 3.29. The van der Waals surface area contributed by atoms with Gasteiger partial charge in [-0.05, 0) is 50.1 Å². The highest BCUT2D eigenvalue weighted by atomic mass is 16.5. The molecule has 0 spiro atoms. The maximum absolute atomic E-state index is 5.39. The van der Waals surface area contributed by atoms with Gasteiger partial charge in [0.2, 0.25) is 0 Å². The molecule has 1 heterocycles. The molecule has 0 aromatic rings. The van der Waals surface area contributed by atoms with E-state index in [9.17, 15) is 0 Å². The van der Waals surface area contributed by atoms with Crippen molar-refractivity contribution in [3.05, 3.63) is 0 Å². The molecule has 1 unspecified atom stereocenters. The highest BCUT2D eigenvalue weighted by molar-refractivity contribution is 4.88. The largest absolute Gasteiger partial charge is 0.384 e. The van der Waals surface area contributed by atoms with E-state index in [2.05, 4.69) is 17.1 Å². The van der Waals surface area contributed by atoms with Crippen LogP contribution in [0.4, 0.5) is 0 Å². The Morgan fingerprint density at radius 3 is 2.57 bits per heavy atom. The second kappa shape index (κ2) is 9.12. The van der Waals surface area contributed by atoms with Gasteiger partial charge in [0.15, 0.2) is 0 Å². The molecular weight excluding hydrogens is 260 g/mol.